The Morgan fingerprint density at radius 3 is 2.73 bits per heavy atom. The van der Waals surface area contributed by atoms with Crippen molar-refractivity contribution in [2.45, 2.75) is 6.92 Å². The van der Waals surface area contributed by atoms with Crippen molar-refractivity contribution in [2.75, 3.05) is 13.2 Å². The summed E-state index contributed by atoms with van der Waals surface area (Å²) < 4.78 is 11.4. The van der Waals surface area contributed by atoms with E-state index < -0.39 is 17.1 Å². The maximum absolute atomic E-state index is 12.7. The molecule has 2 amide bonds. The van der Waals surface area contributed by atoms with Gasteiger partial charge in [0, 0.05) is 11.6 Å². The highest BCUT2D eigenvalue weighted by atomic mass is 35.5. The molecular formula is C24H18ClNO6S. The lowest BCUT2D eigenvalue weighted by molar-refractivity contribution is -0.123. The van der Waals surface area contributed by atoms with E-state index in [0.29, 0.717) is 27.9 Å². The van der Waals surface area contributed by atoms with Gasteiger partial charge in [0.15, 0.2) is 0 Å². The van der Waals surface area contributed by atoms with E-state index in [1.807, 2.05) is 6.92 Å². The van der Waals surface area contributed by atoms with E-state index in [4.69, 9.17) is 20.8 Å². The third-order valence-electron chi connectivity index (χ3n) is 4.93. The number of aromatic carboxylic acids is 1. The van der Waals surface area contributed by atoms with Crippen LogP contribution in [0.4, 0.5) is 4.79 Å². The number of nitrogens with zero attached hydrogens (tertiary/aromatic N) is 1. The molecule has 0 spiro atoms. The highest BCUT2D eigenvalue weighted by Gasteiger charge is 2.35. The molecule has 0 bridgehead atoms. The summed E-state index contributed by atoms with van der Waals surface area (Å²) in [5, 5.41) is 9.28. The van der Waals surface area contributed by atoms with Crippen LogP contribution in [-0.2, 0) is 4.79 Å². The number of thioether (sulfide) groups is 1. The van der Waals surface area contributed by atoms with Gasteiger partial charge in [-0.2, -0.15) is 0 Å². The first-order chi connectivity index (χ1) is 15.8. The Morgan fingerprint density at radius 2 is 1.97 bits per heavy atom. The molecule has 0 radical (unpaired) electrons. The molecule has 3 aromatic rings. The molecule has 2 heterocycles. The summed E-state index contributed by atoms with van der Waals surface area (Å²) in [5.74, 6) is -0.144. The van der Waals surface area contributed by atoms with Crippen LogP contribution in [0.5, 0.6) is 5.75 Å². The van der Waals surface area contributed by atoms with Gasteiger partial charge in [-0.3, -0.25) is 14.5 Å². The minimum absolute atomic E-state index is 0.0812. The van der Waals surface area contributed by atoms with Gasteiger partial charge in [0.05, 0.1) is 22.0 Å². The fourth-order valence-electron chi connectivity index (χ4n) is 3.23. The van der Waals surface area contributed by atoms with Crippen LogP contribution >= 0.6 is 23.4 Å². The Bertz CT molecular complexity index is 1280. The van der Waals surface area contributed by atoms with Gasteiger partial charge in [0.1, 0.15) is 23.9 Å². The van der Waals surface area contributed by atoms with Crippen molar-refractivity contribution in [3.8, 4) is 17.1 Å². The Morgan fingerprint density at radius 1 is 1.18 bits per heavy atom. The van der Waals surface area contributed by atoms with Gasteiger partial charge in [-0.1, -0.05) is 29.8 Å². The number of para-hydroxylation sites is 1. The van der Waals surface area contributed by atoms with E-state index in [2.05, 4.69) is 0 Å². The van der Waals surface area contributed by atoms with E-state index in [-0.39, 0.29) is 23.6 Å². The molecule has 0 saturated carbocycles. The zero-order chi connectivity index (χ0) is 23.5. The molecule has 1 saturated heterocycles. The number of carbonyl (C=O) groups excluding carboxylic acids is 2. The number of hydrogen-bond acceptors (Lipinski definition) is 6. The minimum atomic E-state index is -1.03. The van der Waals surface area contributed by atoms with Gasteiger partial charge in [0.2, 0.25) is 0 Å². The molecule has 1 fully saturated rings. The van der Waals surface area contributed by atoms with Crippen LogP contribution in [0, 0.1) is 6.92 Å². The minimum Gasteiger partial charge on any atom is -0.490 e. The summed E-state index contributed by atoms with van der Waals surface area (Å²) in [4.78, 5) is 37.6. The van der Waals surface area contributed by atoms with Gasteiger partial charge in [-0.25, -0.2) is 4.79 Å². The number of halogens is 1. The Balaban J connectivity index is 1.46. The highest BCUT2D eigenvalue weighted by molar-refractivity contribution is 8.18. The highest BCUT2D eigenvalue weighted by Crippen LogP contribution is 2.34. The first-order valence-corrected chi connectivity index (χ1v) is 11.1. The van der Waals surface area contributed by atoms with Crippen LogP contribution in [0.15, 0.2) is 63.9 Å². The van der Waals surface area contributed by atoms with Crippen LogP contribution in [0.25, 0.3) is 17.4 Å². The molecule has 4 rings (SSSR count). The van der Waals surface area contributed by atoms with Crippen molar-refractivity contribution in [3.63, 3.8) is 0 Å². The first kappa shape index (κ1) is 22.7. The lowest BCUT2D eigenvalue weighted by Crippen LogP contribution is -2.32. The third-order valence-corrected chi connectivity index (χ3v) is 6.15. The molecule has 2 aromatic carbocycles. The fraction of sp³-hybridized carbons (Fsp3) is 0.125. The van der Waals surface area contributed by atoms with Crippen molar-refractivity contribution < 1.29 is 28.6 Å². The predicted octanol–water partition coefficient (Wildman–Crippen LogP) is 5.72. The Labute approximate surface area is 198 Å². The lowest BCUT2D eigenvalue weighted by atomic mass is 10.0. The average Bonchev–Trinajstić information content (AvgIpc) is 3.35. The molecule has 168 valence electrons. The van der Waals surface area contributed by atoms with Crippen molar-refractivity contribution in [3.05, 3.63) is 81.4 Å². The molecule has 1 aliphatic rings. The van der Waals surface area contributed by atoms with Gasteiger partial charge < -0.3 is 14.3 Å². The van der Waals surface area contributed by atoms with Gasteiger partial charge >= 0.3 is 5.97 Å². The molecular weight excluding hydrogens is 466 g/mol. The number of aryl methyl sites for hydroxylation is 1. The molecule has 0 unspecified atom stereocenters. The van der Waals surface area contributed by atoms with Crippen LogP contribution < -0.4 is 4.74 Å². The molecule has 1 aromatic heterocycles. The number of imide groups is 1. The third kappa shape index (κ3) is 4.97. The van der Waals surface area contributed by atoms with E-state index in [0.717, 1.165) is 22.2 Å². The number of carboxylic acid groups (broad SMARTS) is 1. The number of furan rings is 1. The molecule has 1 N–H and O–H groups in total. The summed E-state index contributed by atoms with van der Waals surface area (Å²) >= 11 is 6.87. The SMILES string of the molecule is Cc1ccc(C(=O)O)cc1-c1ccc(/C=C2\SC(=O)N(CCOc3ccccc3Cl)C2=O)o1. The summed E-state index contributed by atoms with van der Waals surface area (Å²) in [7, 11) is 0. The number of hydrogen-bond donors (Lipinski definition) is 1. The quantitative estimate of drug-likeness (QED) is 0.429. The molecule has 33 heavy (non-hydrogen) atoms. The van der Waals surface area contributed by atoms with Crippen molar-refractivity contribution in [1.82, 2.24) is 4.90 Å². The van der Waals surface area contributed by atoms with Crippen LogP contribution in [-0.4, -0.2) is 40.3 Å². The maximum atomic E-state index is 12.7. The van der Waals surface area contributed by atoms with Gasteiger partial charge in [-0.15, -0.1) is 0 Å². The second-order valence-electron chi connectivity index (χ2n) is 7.15. The number of carbonyl (C=O) groups is 3. The zero-order valence-corrected chi connectivity index (χ0v) is 19.0. The number of rotatable bonds is 7. The summed E-state index contributed by atoms with van der Waals surface area (Å²) in [6.07, 6.45) is 1.50. The van der Waals surface area contributed by atoms with Crippen LogP contribution in [0.3, 0.4) is 0 Å². The smallest absolute Gasteiger partial charge is 0.335 e. The Hall–Kier alpha value is -3.49. The zero-order valence-electron chi connectivity index (χ0n) is 17.4. The standard InChI is InChI=1S/C24H18ClNO6S/c1-14-6-7-15(23(28)29)12-17(14)19-9-8-16(32-19)13-21-22(27)26(24(30)33-21)10-11-31-20-5-3-2-4-18(20)25/h2-9,12-13H,10-11H2,1H3,(H,28,29)/b21-13-. The summed E-state index contributed by atoms with van der Waals surface area (Å²) in [6.45, 7) is 2.04. The number of amides is 2. The van der Waals surface area contributed by atoms with Crippen molar-refractivity contribution in [2.24, 2.45) is 0 Å². The summed E-state index contributed by atoms with van der Waals surface area (Å²) in [5.41, 5.74) is 1.63. The Kier molecular flexibility index (Phi) is 6.57. The van der Waals surface area contributed by atoms with E-state index in [1.54, 1.807) is 42.5 Å². The number of benzene rings is 2. The topological polar surface area (TPSA) is 97.0 Å². The lowest BCUT2D eigenvalue weighted by Gasteiger charge is -2.13. The first-order valence-electron chi connectivity index (χ1n) is 9.90. The second-order valence-corrected chi connectivity index (χ2v) is 8.55. The van der Waals surface area contributed by atoms with E-state index in [9.17, 15) is 19.5 Å². The van der Waals surface area contributed by atoms with Gasteiger partial charge in [0.25, 0.3) is 11.1 Å². The molecule has 0 aliphatic carbocycles. The van der Waals surface area contributed by atoms with Gasteiger partial charge in [-0.05, 0) is 60.6 Å². The normalized spacial score (nSPS) is 14.8. The monoisotopic (exact) mass is 483 g/mol. The predicted molar refractivity (Wildman–Crippen MR) is 125 cm³/mol. The average molecular weight is 484 g/mol. The van der Waals surface area contributed by atoms with Crippen molar-refractivity contribution >= 4 is 46.6 Å². The molecule has 1 aliphatic heterocycles. The molecule has 7 nitrogen and oxygen atoms in total. The van der Waals surface area contributed by atoms with Crippen molar-refractivity contribution in [1.29, 1.82) is 0 Å². The number of carboxylic acids is 1. The van der Waals surface area contributed by atoms with E-state index in [1.165, 1.54) is 18.2 Å². The second kappa shape index (κ2) is 9.56. The number of ether oxygens (including phenoxy) is 1. The van der Waals surface area contributed by atoms with E-state index >= 15 is 0 Å². The largest absolute Gasteiger partial charge is 0.490 e. The van der Waals surface area contributed by atoms with Crippen LogP contribution in [0.2, 0.25) is 5.02 Å². The fourth-order valence-corrected chi connectivity index (χ4v) is 4.26. The molecule has 0 atom stereocenters. The van der Waals surface area contributed by atoms with Crippen LogP contribution in [0.1, 0.15) is 21.7 Å². The molecule has 9 heteroatoms. The maximum Gasteiger partial charge on any atom is 0.335 e. The summed E-state index contributed by atoms with van der Waals surface area (Å²) in [6, 6.07) is 15.1.